The predicted molar refractivity (Wildman–Crippen MR) is 91.4 cm³/mol. The van der Waals surface area contributed by atoms with Crippen molar-refractivity contribution in [2.45, 2.75) is 45.7 Å². The number of aryl methyl sites for hydroxylation is 1. The first-order chi connectivity index (χ1) is 10.2. The Kier molecular flexibility index (Phi) is 6.46. The number of halogens is 1. The second-order valence-electron chi connectivity index (χ2n) is 5.32. The van der Waals surface area contributed by atoms with Gasteiger partial charge in [0.05, 0.1) is 6.04 Å². The molecule has 0 aliphatic carbocycles. The van der Waals surface area contributed by atoms with Crippen LogP contribution in [0.3, 0.4) is 0 Å². The third kappa shape index (κ3) is 4.68. The van der Waals surface area contributed by atoms with E-state index in [9.17, 15) is 0 Å². The number of imidazole rings is 1. The Morgan fingerprint density at radius 1 is 1.19 bits per heavy atom. The van der Waals surface area contributed by atoms with Crippen molar-refractivity contribution in [3.8, 4) is 0 Å². The molecule has 1 atom stereocenters. The van der Waals surface area contributed by atoms with Crippen molar-refractivity contribution >= 4 is 15.9 Å². The number of rotatable bonds is 8. The Morgan fingerprint density at radius 2 is 1.95 bits per heavy atom. The topological polar surface area (TPSA) is 29.9 Å². The maximum Gasteiger partial charge on any atom is 0.126 e. The highest BCUT2D eigenvalue weighted by Gasteiger charge is 2.16. The zero-order valence-corrected chi connectivity index (χ0v) is 14.4. The van der Waals surface area contributed by atoms with E-state index >= 15 is 0 Å². The molecule has 0 saturated heterocycles. The molecule has 21 heavy (non-hydrogen) atoms. The molecule has 2 rings (SSSR count). The smallest absolute Gasteiger partial charge is 0.126 e. The summed E-state index contributed by atoms with van der Waals surface area (Å²) in [6, 6.07) is 8.83. The average Bonchev–Trinajstić information content (AvgIpc) is 2.94. The van der Waals surface area contributed by atoms with Gasteiger partial charge in [-0.15, -0.1) is 0 Å². The molecule has 0 aliphatic heterocycles. The lowest BCUT2D eigenvalue weighted by molar-refractivity contribution is 0.476. The minimum Gasteiger partial charge on any atom is -0.334 e. The van der Waals surface area contributed by atoms with Crippen molar-refractivity contribution in [1.29, 1.82) is 0 Å². The molecule has 1 aromatic carbocycles. The third-order valence-electron chi connectivity index (χ3n) is 3.52. The van der Waals surface area contributed by atoms with E-state index in [1.54, 1.807) is 0 Å². The minimum atomic E-state index is 0.271. The SMILES string of the molecule is CCCNC(Cc1ccc(Br)cc1)c1nccn1CCC. The van der Waals surface area contributed by atoms with E-state index in [-0.39, 0.29) is 6.04 Å². The van der Waals surface area contributed by atoms with Crippen molar-refractivity contribution in [3.63, 3.8) is 0 Å². The van der Waals surface area contributed by atoms with Crippen LogP contribution in [0.2, 0.25) is 0 Å². The number of nitrogens with one attached hydrogen (secondary N) is 1. The lowest BCUT2D eigenvalue weighted by atomic mass is 10.1. The molecule has 0 amide bonds. The normalized spacial score (nSPS) is 12.5. The zero-order chi connectivity index (χ0) is 15.1. The molecular formula is C17H24BrN3. The van der Waals surface area contributed by atoms with Crippen LogP contribution in [-0.2, 0) is 13.0 Å². The molecule has 3 nitrogen and oxygen atoms in total. The zero-order valence-electron chi connectivity index (χ0n) is 12.8. The quantitative estimate of drug-likeness (QED) is 0.768. The van der Waals surface area contributed by atoms with Crippen LogP contribution < -0.4 is 5.32 Å². The maximum absolute atomic E-state index is 4.59. The van der Waals surface area contributed by atoms with Crippen molar-refractivity contribution in [3.05, 3.63) is 52.5 Å². The first kappa shape index (κ1) is 16.2. The fourth-order valence-electron chi connectivity index (χ4n) is 2.49. The Balaban J connectivity index is 2.16. The van der Waals surface area contributed by atoms with Crippen LogP contribution in [0.4, 0.5) is 0 Å². The van der Waals surface area contributed by atoms with Gasteiger partial charge >= 0.3 is 0 Å². The number of aromatic nitrogens is 2. The van der Waals surface area contributed by atoms with Gasteiger partial charge in [-0.3, -0.25) is 0 Å². The van der Waals surface area contributed by atoms with Crippen molar-refractivity contribution in [2.75, 3.05) is 6.54 Å². The Bertz CT molecular complexity index is 533. The highest BCUT2D eigenvalue weighted by molar-refractivity contribution is 9.10. The van der Waals surface area contributed by atoms with E-state index in [4.69, 9.17) is 0 Å². The molecule has 1 unspecified atom stereocenters. The van der Waals surface area contributed by atoms with E-state index in [0.717, 1.165) is 42.6 Å². The van der Waals surface area contributed by atoms with Gasteiger partial charge in [-0.25, -0.2) is 4.98 Å². The predicted octanol–water partition coefficient (Wildman–Crippen LogP) is 4.34. The van der Waals surface area contributed by atoms with Crippen LogP contribution in [-0.4, -0.2) is 16.1 Å². The highest BCUT2D eigenvalue weighted by atomic mass is 79.9. The molecule has 1 aromatic heterocycles. The third-order valence-corrected chi connectivity index (χ3v) is 4.05. The van der Waals surface area contributed by atoms with Gasteiger partial charge in [0, 0.05) is 23.4 Å². The van der Waals surface area contributed by atoms with E-state index < -0.39 is 0 Å². The van der Waals surface area contributed by atoms with E-state index in [2.05, 4.69) is 75.1 Å². The molecule has 1 N–H and O–H groups in total. The van der Waals surface area contributed by atoms with Crippen molar-refractivity contribution in [1.82, 2.24) is 14.9 Å². The Hall–Kier alpha value is -1.13. The second kappa shape index (κ2) is 8.35. The summed E-state index contributed by atoms with van der Waals surface area (Å²) in [5.41, 5.74) is 1.33. The van der Waals surface area contributed by atoms with Crippen molar-refractivity contribution in [2.24, 2.45) is 0 Å². The van der Waals surface area contributed by atoms with E-state index in [1.165, 1.54) is 5.56 Å². The summed E-state index contributed by atoms with van der Waals surface area (Å²) in [7, 11) is 0. The van der Waals surface area contributed by atoms with Gasteiger partial charge < -0.3 is 9.88 Å². The summed E-state index contributed by atoms with van der Waals surface area (Å²) in [6.45, 7) is 6.44. The summed E-state index contributed by atoms with van der Waals surface area (Å²) in [5.74, 6) is 1.15. The second-order valence-corrected chi connectivity index (χ2v) is 6.23. The average molecular weight is 350 g/mol. The molecule has 0 bridgehead atoms. The molecule has 2 aromatic rings. The molecular weight excluding hydrogens is 326 g/mol. The monoisotopic (exact) mass is 349 g/mol. The molecule has 114 valence electrons. The fourth-order valence-corrected chi connectivity index (χ4v) is 2.75. The van der Waals surface area contributed by atoms with Crippen LogP contribution in [0.25, 0.3) is 0 Å². The lowest BCUT2D eigenvalue weighted by Crippen LogP contribution is -2.27. The number of nitrogens with zero attached hydrogens (tertiary/aromatic N) is 2. The first-order valence-corrected chi connectivity index (χ1v) is 8.52. The number of benzene rings is 1. The molecule has 0 fully saturated rings. The Morgan fingerprint density at radius 3 is 2.62 bits per heavy atom. The standard InChI is InChI=1S/C17H24BrN3/c1-3-9-19-16(13-14-5-7-15(18)8-6-14)17-20-10-12-21(17)11-4-2/h5-8,10,12,16,19H,3-4,9,11,13H2,1-2H3. The van der Waals surface area contributed by atoms with Gasteiger partial charge in [0.15, 0.2) is 0 Å². The summed E-state index contributed by atoms with van der Waals surface area (Å²) in [4.78, 5) is 4.59. The van der Waals surface area contributed by atoms with Crippen LogP contribution >= 0.6 is 15.9 Å². The van der Waals surface area contributed by atoms with Gasteiger partial charge in [-0.1, -0.05) is 41.9 Å². The van der Waals surface area contributed by atoms with Gasteiger partial charge in [0.1, 0.15) is 5.82 Å². The lowest BCUT2D eigenvalue weighted by Gasteiger charge is -2.20. The Labute approximate surface area is 135 Å². The summed E-state index contributed by atoms with van der Waals surface area (Å²) >= 11 is 3.49. The highest BCUT2D eigenvalue weighted by Crippen LogP contribution is 2.19. The van der Waals surface area contributed by atoms with Gasteiger partial charge in [-0.2, -0.15) is 0 Å². The van der Waals surface area contributed by atoms with E-state index in [0.29, 0.717) is 0 Å². The molecule has 0 spiro atoms. The minimum absolute atomic E-state index is 0.271. The molecule has 4 heteroatoms. The van der Waals surface area contributed by atoms with Crippen molar-refractivity contribution < 1.29 is 0 Å². The van der Waals surface area contributed by atoms with Gasteiger partial charge in [0.2, 0.25) is 0 Å². The van der Waals surface area contributed by atoms with Crippen LogP contribution in [0.5, 0.6) is 0 Å². The molecule has 0 aliphatic rings. The molecule has 0 radical (unpaired) electrons. The van der Waals surface area contributed by atoms with Crippen LogP contribution in [0, 0.1) is 0 Å². The summed E-state index contributed by atoms with van der Waals surface area (Å²) < 4.78 is 3.39. The number of hydrogen-bond donors (Lipinski definition) is 1. The summed E-state index contributed by atoms with van der Waals surface area (Å²) in [5, 5.41) is 3.64. The van der Waals surface area contributed by atoms with Crippen LogP contribution in [0.1, 0.15) is 44.1 Å². The van der Waals surface area contributed by atoms with Gasteiger partial charge in [0.25, 0.3) is 0 Å². The van der Waals surface area contributed by atoms with Gasteiger partial charge in [-0.05, 0) is 43.5 Å². The maximum atomic E-state index is 4.59. The fraction of sp³-hybridized carbons (Fsp3) is 0.471. The molecule has 1 heterocycles. The van der Waals surface area contributed by atoms with E-state index in [1.807, 2.05) is 6.20 Å². The first-order valence-electron chi connectivity index (χ1n) is 7.73. The summed E-state index contributed by atoms with van der Waals surface area (Å²) in [6.07, 6.45) is 7.22. The number of hydrogen-bond acceptors (Lipinski definition) is 2. The molecule has 0 saturated carbocycles. The largest absolute Gasteiger partial charge is 0.334 e. The van der Waals surface area contributed by atoms with Crippen LogP contribution in [0.15, 0.2) is 41.1 Å².